The summed E-state index contributed by atoms with van der Waals surface area (Å²) in [5.74, 6) is -1.96. The van der Waals surface area contributed by atoms with E-state index in [9.17, 15) is 27.7 Å². The standard InChI is InChI=1S/C17H16FN3O5S/c1-10-3-6-13(7-4-10)27(25,26)20-16(11(2)17(19)22)14-8-5-12(18)9-15(14)21(23)24/h3-9,16,20H,2H2,1H3,(H2,19,22). The topological polar surface area (TPSA) is 132 Å². The molecule has 0 saturated heterocycles. The number of primary amides is 1. The van der Waals surface area contributed by atoms with Crippen LogP contribution in [0, 0.1) is 22.9 Å². The van der Waals surface area contributed by atoms with Gasteiger partial charge in [-0.25, -0.2) is 12.8 Å². The van der Waals surface area contributed by atoms with Gasteiger partial charge in [0.1, 0.15) is 5.82 Å². The van der Waals surface area contributed by atoms with Crippen LogP contribution in [0.15, 0.2) is 59.5 Å². The van der Waals surface area contributed by atoms with E-state index in [1.54, 1.807) is 19.1 Å². The van der Waals surface area contributed by atoms with Crippen LogP contribution in [0.3, 0.4) is 0 Å². The summed E-state index contributed by atoms with van der Waals surface area (Å²) in [4.78, 5) is 21.8. The molecule has 0 aliphatic carbocycles. The molecule has 142 valence electrons. The second-order valence-corrected chi connectivity index (χ2v) is 7.43. The van der Waals surface area contributed by atoms with Crippen LogP contribution >= 0.6 is 0 Å². The first-order valence-electron chi connectivity index (χ1n) is 7.54. The summed E-state index contributed by atoms with van der Waals surface area (Å²) in [5.41, 5.74) is 4.60. The molecule has 0 radical (unpaired) electrons. The summed E-state index contributed by atoms with van der Waals surface area (Å²) >= 11 is 0. The van der Waals surface area contributed by atoms with E-state index in [1.165, 1.54) is 12.1 Å². The van der Waals surface area contributed by atoms with Crippen molar-refractivity contribution in [2.24, 2.45) is 5.73 Å². The van der Waals surface area contributed by atoms with Gasteiger partial charge in [0.25, 0.3) is 5.69 Å². The Balaban J connectivity index is 2.57. The molecule has 0 aliphatic heterocycles. The molecule has 0 spiro atoms. The monoisotopic (exact) mass is 393 g/mol. The van der Waals surface area contributed by atoms with Crippen LogP contribution in [0.2, 0.25) is 0 Å². The molecule has 2 aromatic carbocycles. The van der Waals surface area contributed by atoms with E-state index in [4.69, 9.17) is 5.73 Å². The molecule has 0 bridgehead atoms. The SMILES string of the molecule is C=C(C(N)=O)C(NS(=O)(=O)c1ccc(C)cc1)c1ccc(F)cc1[N+](=O)[O-]. The quantitative estimate of drug-likeness (QED) is 0.422. The second-order valence-electron chi connectivity index (χ2n) is 5.72. The summed E-state index contributed by atoms with van der Waals surface area (Å²) in [7, 11) is -4.19. The van der Waals surface area contributed by atoms with E-state index in [0.717, 1.165) is 17.7 Å². The maximum atomic E-state index is 13.4. The van der Waals surface area contributed by atoms with Gasteiger partial charge in [-0.2, -0.15) is 4.72 Å². The van der Waals surface area contributed by atoms with Gasteiger partial charge >= 0.3 is 0 Å². The largest absolute Gasteiger partial charge is 0.366 e. The van der Waals surface area contributed by atoms with E-state index in [-0.39, 0.29) is 10.5 Å². The minimum Gasteiger partial charge on any atom is -0.366 e. The molecule has 0 fully saturated rings. The van der Waals surface area contributed by atoms with E-state index < -0.39 is 44.0 Å². The average molecular weight is 393 g/mol. The minimum atomic E-state index is -4.19. The third-order valence-corrected chi connectivity index (χ3v) is 5.21. The number of nitrogens with zero attached hydrogens (tertiary/aromatic N) is 1. The predicted molar refractivity (Wildman–Crippen MR) is 95.6 cm³/mol. The number of sulfonamides is 1. The van der Waals surface area contributed by atoms with E-state index in [0.29, 0.717) is 6.07 Å². The van der Waals surface area contributed by atoms with Crippen molar-refractivity contribution in [3.8, 4) is 0 Å². The molecule has 2 aromatic rings. The number of halogens is 1. The number of nitro benzene ring substituents is 1. The Hall–Kier alpha value is -3.11. The van der Waals surface area contributed by atoms with Gasteiger partial charge < -0.3 is 5.73 Å². The number of carbonyl (C=O) groups excluding carboxylic acids is 1. The minimum absolute atomic E-state index is 0.125. The van der Waals surface area contributed by atoms with Gasteiger partial charge in [0.05, 0.1) is 27.5 Å². The summed E-state index contributed by atoms with van der Waals surface area (Å²) < 4.78 is 40.9. The number of nitro groups is 1. The Bertz CT molecular complexity index is 1020. The fourth-order valence-corrected chi connectivity index (χ4v) is 3.53. The first kappa shape index (κ1) is 20.2. The molecule has 0 heterocycles. The van der Waals surface area contributed by atoms with E-state index in [2.05, 4.69) is 11.3 Å². The Morgan fingerprint density at radius 1 is 1.26 bits per heavy atom. The molecule has 3 N–H and O–H groups in total. The van der Waals surface area contributed by atoms with Crippen molar-refractivity contribution >= 4 is 21.6 Å². The Morgan fingerprint density at radius 2 is 1.85 bits per heavy atom. The molecule has 27 heavy (non-hydrogen) atoms. The van der Waals surface area contributed by atoms with Crippen LogP contribution in [0.4, 0.5) is 10.1 Å². The van der Waals surface area contributed by atoms with Crippen LogP contribution in [0.1, 0.15) is 17.2 Å². The lowest BCUT2D eigenvalue weighted by atomic mass is 9.98. The molecule has 1 amide bonds. The highest BCUT2D eigenvalue weighted by Gasteiger charge is 2.31. The summed E-state index contributed by atoms with van der Waals surface area (Å²) in [6, 6.07) is 6.78. The number of nitrogens with two attached hydrogens (primary N) is 1. The number of rotatable bonds is 7. The lowest BCUT2D eigenvalue weighted by molar-refractivity contribution is -0.385. The smallest absolute Gasteiger partial charge is 0.277 e. The van der Waals surface area contributed by atoms with Crippen molar-refractivity contribution in [1.29, 1.82) is 0 Å². The lowest BCUT2D eigenvalue weighted by Crippen LogP contribution is -2.34. The van der Waals surface area contributed by atoms with Gasteiger partial charge in [0.15, 0.2) is 0 Å². The van der Waals surface area contributed by atoms with E-state index in [1.807, 2.05) is 0 Å². The predicted octanol–water partition coefficient (Wildman–Crippen LogP) is 2.10. The Morgan fingerprint density at radius 3 is 2.37 bits per heavy atom. The average Bonchev–Trinajstić information content (AvgIpc) is 2.59. The maximum Gasteiger partial charge on any atom is 0.277 e. The number of carbonyl (C=O) groups is 1. The van der Waals surface area contributed by atoms with Gasteiger partial charge in [-0.3, -0.25) is 14.9 Å². The highest BCUT2D eigenvalue weighted by atomic mass is 32.2. The van der Waals surface area contributed by atoms with Crippen molar-refractivity contribution < 1.29 is 22.5 Å². The van der Waals surface area contributed by atoms with Gasteiger partial charge in [0, 0.05) is 5.57 Å². The van der Waals surface area contributed by atoms with Crippen molar-refractivity contribution in [3.05, 3.63) is 81.7 Å². The molecule has 0 saturated carbocycles. The molecule has 1 unspecified atom stereocenters. The summed E-state index contributed by atoms with van der Waals surface area (Å²) in [6.07, 6.45) is 0. The first-order valence-corrected chi connectivity index (χ1v) is 9.02. The number of hydrogen-bond donors (Lipinski definition) is 2. The van der Waals surface area contributed by atoms with Crippen LogP contribution in [-0.2, 0) is 14.8 Å². The number of amides is 1. The fraction of sp³-hybridized carbons (Fsp3) is 0.118. The van der Waals surface area contributed by atoms with E-state index >= 15 is 0 Å². The second kappa shape index (κ2) is 7.64. The van der Waals surface area contributed by atoms with Crippen LogP contribution in [0.25, 0.3) is 0 Å². The highest BCUT2D eigenvalue weighted by Crippen LogP contribution is 2.31. The fourth-order valence-electron chi connectivity index (χ4n) is 2.32. The third kappa shape index (κ3) is 4.54. The number of aryl methyl sites for hydroxylation is 1. The van der Waals surface area contributed by atoms with Crippen molar-refractivity contribution in [1.82, 2.24) is 4.72 Å². The zero-order valence-corrected chi connectivity index (χ0v) is 15.0. The van der Waals surface area contributed by atoms with Gasteiger partial charge in [-0.1, -0.05) is 24.3 Å². The summed E-state index contributed by atoms with van der Waals surface area (Å²) in [6.45, 7) is 5.20. The number of hydrogen-bond acceptors (Lipinski definition) is 5. The third-order valence-electron chi connectivity index (χ3n) is 3.77. The Kier molecular flexibility index (Phi) is 5.72. The summed E-state index contributed by atoms with van der Waals surface area (Å²) in [5, 5.41) is 11.3. The molecule has 1 atom stereocenters. The van der Waals surface area contributed by atoms with Gasteiger partial charge in [-0.15, -0.1) is 0 Å². The highest BCUT2D eigenvalue weighted by molar-refractivity contribution is 7.89. The first-order chi connectivity index (χ1) is 12.5. The Labute approximate surface area is 154 Å². The normalized spacial score (nSPS) is 12.4. The molecule has 10 heteroatoms. The molecular formula is C17H16FN3O5S. The van der Waals surface area contributed by atoms with Gasteiger partial charge in [0.2, 0.25) is 15.9 Å². The molecule has 8 nitrogen and oxygen atoms in total. The molecule has 2 rings (SSSR count). The molecule has 0 aromatic heterocycles. The van der Waals surface area contributed by atoms with Gasteiger partial charge in [-0.05, 0) is 31.2 Å². The van der Waals surface area contributed by atoms with Crippen LogP contribution in [-0.4, -0.2) is 19.2 Å². The zero-order chi connectivity index (χ0) is 20.4. The molecule has 0 aliphatic rings. The van der Waals surface area contributed by atoms with Crippen LogP contribution < -0.4 is 10.5 Å². The van der Waals surface area contributed by atoms with Crippen molar-refractivity contribution in [2.45, 2.75) is 17.9 Å². The number of nitrogens with one attached hydrogen (secondary N) is 1. The molecular weight excluding hydrogens is 377 g/mol. The van der Waals surface area contributed by atoms with Crippen LogP contribution in [0.5, 0.6) is 0 Å². The van der Waals surface area contributed by atoms with Crippen molar-refractivity contribution in [2.75, 3.05) is 0 Å². The lowest BCUT2D eigenvalue weighted by Gasteiger charge is -2.20. The number of benzene rings is 2. The zero-order valence-electron chi connectivity index (χ0n) is 14.2. The maximum absolute atomic E-state index is 13.4. The van der Waals surface area contributed by atoms with Crippen molar-refractivity contribution in [3.63, 3.8) is 0 Å².